The monoisotopic (exact) mass is 170 g/mol. The summed E-state index contributed by atoms with van der Waals surface area (Å²) in [6.07, 6.45) is 8.34. The van der Waals surface area contributed by atoms with Gasteiger partial charge in [-0.3, -0.25) is 0 Å². The van der Waals surface area contributed by atoms with Crippen LogP contribution in [0.5, 0.6) is 0 Å². The van der Waals surface area contributed by atoms with Gasteiger partial charge in [0, 0.05) is 6.61 Å². The number of rotatable bonds is 7. The minimum absolute atomic E-state index is 0.149. The fraction of sp³-hybridized carbons (Fsp3) is 0.600. The lowest BCUT2D eigenvalue weighted by molar-refractivity contribution is 0.209. The Morgan fingerprint density at radius 3 is 2.67 bits per heavy atom. The van der Waals surface area contributed by atoms with E-state index in [2.05, 4.69) is 6.58 Å². The van der Waals surface area contributed by atoms with E-state index in [1.54, 1.807) is 12.2 Å². The minimum atomic E-state index is -0.364. The molecule has 0 aromatic heterocycles. The quantitative estimate of drug-likeness (QED) is 0.450. The fourth-order valence-corrected chi connectivity index (χ4v) is 0.895. The fourth-order valence-electron chi connectivity index (χ4n) is 0.895. The van der Waals surface area contributed by atoms with Crippen molar-refractivity contribution >= 4 is 0 Å². The predicted molar refractivity (Wildman–Crippen MR) is 50.9 cm³/mol. The van der Waals surface area contributed by atoms with Crippen LogP contribution in [0.4, 0.5) is 0 Å². The number of hydrogen-bond acceptors (Lipinski definition) is 2. The Kier molecular flexibility index (Phi) is 8.07. The Labute approximate surface area is 74.2 Å². The Balaban J connectivity index is 3.31. The number of allylic oxidation sites excluding steroid dienone is 1. The van der Waals surface area contributed by atoms with E-state index in [1.165, 1.54) is 0 Å². The summed E-state index contributed by atoms with van der Waals surface area (Å²) in [7, 11) is 0. The molecular weight excluding hydrogens is 152 g/mol. The highest BCUT2D eigenvalue weighted by molar-refractivity contribution is 4.88. The van der Waals surface area contributed by atoms with Gasteiger partial charge in [-0.1, -0.05) is 18.2 Å². The zero-order valence-electron chi connectivity index (χ0n) is 7.45. The van der Waals surface area contributed by atoms with Crippen LogP contribution < -0.4 is 0 Å². The molecule has 0 aromatic rings. The SMILES string of the molecule is C=CCCCC(O)C=CCCO. The smallest absolute Gasteiger partial charge is 0.0721 e. The maximum atomic E-state index is 9.30. The van der Waals surface area contributed by atoms with Crippen molar-refractivity contribution in [3.05, 3.63) is 24.8 Å². The second-order valence-corrected chi connectivity index (χ2v) is 2.73. The molecule has 0 aliphatic rings. The summed E-state index contributed by atoms with van der Waals surface area (Å²) in [4.78, 5) is 0. The first-order valence-electron chi connectivity index (χ1n) is 4.37. The van der Waals surface area contributed by atoms with E-state index in [4.69, 9.17) is 5.11 Å². The molecule has 0 aliphatic heterocycles. The molecule has 0 amide bonds. The van der Waals surface area contributed by atoms with E-state index >= 15 is 0 Å². The Morgan fingerprint density at radius 1 is 1.33 bits per heavy atom. The van der Waals surface area contributed by atoms with Crippen LogP contribution in [0.2, 0.25) is 0 Å². The average Bonchev–Trinajstić information content (AvgIpc) is 2.06. The highest BCUT2D eigenvalue weighted by Gasteiger charge is 1.96. The van der Waals surface area contributed by atoms with Gasteiger partial charge in [0.25, 0.3) is 0 Å². The molecule has 0 saturated carbocycles. The highest BCUT2D eigenvalue weighted by atomic mass is 16.3. The van der Waals surface area contributed by atoms with Gasteiger partial charge >= 0.3 is 0 Å². The van der Waals surface area contributed by atoms with Crippen LogP contribution in [0, 0.1) is 0 Å². The van der Waals surface area contributed by atoms with Gasteiger partial charge in [0.15, 0.2) is 0 Å². The third-order valence-corrected chi connectivity index (χ3v) is 1.56. The normalized spacial score (nSPS) is 13.5. The second kappa shape index (κ2) is 8.50. The summed E-state index contributed by atoms with van der Waals surface area (Å²) >= 11 is 0. The van der Waals surface area contributed by atoms with E-state index in [-0.39, 0.29) is 12.7 Å². The number of unbranched alkanes of at least 4 members (excludes halogenated alkanes) is 1. The van der Waals surface area contributed by atoms with Crippen molar-refractivity contribution in [1.82, 2.24) is 0 Å². The first-order chi connectivity index (χ1) is 5.81. The first-order valence-corrected chi connectivity index (χ1v) is 4.37. The molecule has 0 bridgehead atoms. The third kappa shape index (κ3) is 7.51. The van der Waals surface area contributed by atoms with Crippen molar-refractivity contribution in [2.75, 3.05) is 6.61 Å². The zero-order valence-corrected chi connectivity index (χ0v) is 7.45. The summed E-state index contributed by atoms with van der Waals surface area (Å²) in [5.41, 5.74) is 0. The van der Waals surface area contributed by atoms with Crippen molar-refractivity contribution in [3.63, 3.8) is 0 Å². The molecule has 0 spiro atoms. The first kappa shape index (κ1) is 11.4. The van der Waals surface area contributed by atoms with Gasteiger partial charge in [-0.05, 0) is 25.7 Å². The molecule has 1 unspecified atom stereocenters. The van der Waals surface area contributed by atoms with E-state index in [1.807, 2.05) is 6.08 Å². The largest absolute Gasteiger partial charge is 0.396 e. The molecular formula is C10H18O2. The number of aliphatic hydroxyl groups is 2. The van der Waals surface area contributed by atoms with Crippen LogP contribution in [0.3, 0.4) is 0 Å². The average molecular weight is 170 g/mol. The van der Waals surface area contributed by atoms with Crippen LogP contribution in [-0.4, -0.2) is 22.9 Å². The van der Waals surface area contributed by atoms with E-state index in [9.17, 15) is 5.11 Å². The van der Waals surface area contributed by atoms with Gasteiger partial charge < -0.3 is 10.2 Å². The van der Waals surface area contributed by atoms with Crippen LogP contribution in [0.15, 0.2) is 24.8 Å². The standard InChI is InChI=1S/C10H18O2/c1-2-3-4-7-10(12)8-5-6-9-11/h2,5,8,10-12H,1,3-4,6-7,9H2. The van der Waals surface area contributed by atoms with Gasteiger partial charge in [0.1, 0.15) is 0 Å². The molecule has 12 heavy (non-hydrogen) atoms. The topological polar surface area (TPSA) is 40.5 Å². The van der Waals surface area contributed by atoms with Gasteiger partial charge in [-0.25, -0.2) is 0 Å². The highest BCUT2D eigenvalue weighted by Crippen LogP contribution is 2.02. The molecule has 0 heterocycles. The molecule has 70 valence electrons. The van der Waals surface area contributed by atoms with E-state index in [0.717, 1.165) is 19.3 Å². The van der Waals surface area contributed by atoms with Crippen molar-refractivity contribution in [2.45, 2.75) is 31.8 Å². The summed E-state index contributed by atoms with van der Waals surface area (Å²) in [5, 5.41) is 17.7. The van der Waals surface area contributed by atoms with Gasteiger partial charge in [0.05, 0.1) is 6.10 Å². The van der Waals surface area contributed by atoms with Crippen molar-refractivity contribution in [2.24, 2.45) is 0 Å². The van der Waals surface area contributed by atoms with Crippen molar-refractivity contribution in [3.8, 4) is 0 Å². The number of aliphatic hydroxyl groups excluding tert-OH is 2. The predicted octanol–water partition coefficient (Wildman–Crippen LogP) is 1.64. The second-order valence-electron chi connectivity index (χ2n) is 2.73. The maximum Gasteiger partial charge on any atom is 0.0721 e. The van der Waals surface area contributed by atoms with E-state index < -0.39 is 0 Å². The lowest BCUT2D eigenvalue weighted by Crippen LogP contribution is -2.01. The van der Waals surface area contributed by atoms with Crippen LogP contribution in [-0.2, 0) is 0 Å². The Hall–Kier alpha value is -0.600. The molecule has 0 radical (unpaired) electrons. The summed E-state index contributed by atoms with van der Waals surface area (Å²) in [6.45, 7) is 3.75. The van der Waals surface area contributed by atoms with Crippen LogP contribution >= 0.6 is 0 Å². The maximum absolute atomic E-state index is 9.30. The van der Waals surface area contributed by atoms with Crippen LogP contribution in [0.1, 0.15) is 25.7 Å². The van der Waals surface area contributed by atoms with Gasteiger partial charge in [0.2, 0.25) is 0 Å². The zero-order chi connectivity index (χ0) is 9.23. The lowest BCUT2D eigenvalue weighted by atomic mass is 10.1. The van der Waals surface area contributed by atoms with Gasteiger partial charge in [-0.15, -0.1) is 6.58 Å². The van der Waals surface area contributed by atoms with Crippen LogP contribution in [0.25, 0.3) is 0 Å². The lowest BCUT2D eigenvalue weighted by Gasteiger charge is -2.02. The molecule has 0 aromatic carbocycles. The molecule has 2 N–H and O–H groups in total. The molecule has 0 aliphatic carbocycles. The summed E-state index contributed by atoms with van der Waals surface area (Å²) < 4.78 is 0. The summed E-state index contributed by atoms with van der Waals surface area (Å²) in [5.74, 6) is 0. The molecule has 2 heteroatoms. The minimum Gasteiger partial charge on any atom is -0.396 e. The summed E-state index contributed by atoms with van der Waals surface area (Å²) in [6, 6.07) is 0. The molecule has 2 nitrogen and oxygen atoms in total. The molecule has 0 rings (SSSR count). The number of hydrogen-bond donors (Lipinski definition) is 2. The van der Waals surface area contributed by atoms with Crippen molar-refractivity contribution < 1.29 is 10.2 Å². The Bertz CT molecular complexity index is 130. The van der Waals surface area contributed by atoms with E-state index in [0.29, 0.717) is 6.42 Å². The Morgan fingerprint density at radius 2 is 2.08 bits per heavy atom. The molecule has 0 saturated heterocycles. The van der Waals surface area contributed by atoms with Crippen molar-refractivity contribution in [1.29, 1.82) is 0 Å². The molecule has 0 fully saturated rings. The third-order valence-electron chi connectivity index (χ3n) is 1.56. The molecule has 1 atom stereocenters. The van der Waals surface area contributed by atoms with Gasteiger partial charge in [-0.2, -0.15) is 0 Å².